The van der Waals surface area contributed by atoms with Crippen molar-refractivity contribution < 1.29 is 4.92 Å². The molecule has 160 valence electrons. The van der Waals surface area contributed by atoms with Gasteiger partial charge >= 0.3 is 5.70 Å². The highest BCUT2D eigenvalue weighted by molar-refractivity contribution is 5.28. The molecule has 1 saturated heterocycles. The standard InChI is InChI=1S/C21H39N5O2/c1-3-5-12-21(22)13-11-19(26(27)28)20(23-21)25(17-6-4-2)18-10-16-24-14-8-7-9-15-24/h11,13,23H,3-10,12,14-18,22H2,1-2H3. The lowest BCUT2D eigenvalue weighted by Crippen LogP contribution is -2.56. The minimum atomic E-state index is -0.706. The van der Waals surface area contributed by atoms with Gasteiger partial charge in [-0.2, -0.15) is 0 Å². The van der Waals surface area contributed by atoms with Crippen molar-refractivity contribution in [1.82, 2.24) is 15.1 Å². The van der Waals surface area contributed by atoms with Gasteiger partial charge in [-0.1, -0.05) is 33.1 Å². The van der Waals surface area contributed by atoms with E-state index in [0.717, 1.165) is 58.2 Å². The first-order valence-electron chi connectivity index (χ1n) is 11.1. The molecule has 0 radical (unpaired) electrons. The molecule has 2 aliphatic heterocycles. The summed E-state index contributed by atoms with van der Waals surface area (Å²) >= 11 is 0. The molecule has 28 heavy (non-hydrogen) atoms. The fourth-order valence-corrected chi connectivity index (χ4v) is 3.99. The second-order valence-corrected chi connectivity index (χ2v) is 8.19. The summed E-state index contributed by atoms with van der Waals surface area (Å²) < 4.78 is 0. The van der Waals surface area contributed by atoms with Crippen LogP contribution in [-0.4, -0.2) is 53.1 Å². The molecule has 0 amide bonds. The number of nitrogens with zero attached hydrogens (tertiary/aromatic N) is 3. The Morgan fingerprint density at radius 3 is 2.50 bits per heavy atom. The number of rotatable bonds is 12. The number of nitro groups is 1. The molecule has 0 aromatic heterocycles. The fourth-order valence-electron chi connectivity index (χ4n) is 3.99. The van der Waals surface area contributed by atoms with Crippen LogP contribution >= 0.6 is 0 Å². The topological polar surface area (TPSA) is 87.7 Å². The lowest BCUT2D eigenvalue weighted by atomic mass is 9.99. The van der Waals surface area contributed by atoms with Crippen molar-refractivity contribution >= 4 is 0 Å². The molecule has 7 nitrogen and oxygen atoms in total. The minimum absolute atomic E-state index is 0.131. The first kappa shape index (κ1) is 22.7. The van der Waals surface area contributed by atoms with Crippen LogP contribution in [0.5, 0.6) is 0 Å². The maximum absolute atomic E-state index is 11.7. The maximum atomic E-state index is 11.7. The lowest BCUT2D eigenvalue weighted by Gasteiger charge is -2.37. The molecule has 7 heteroatoms. The van der Waals surface area contributed by atoms with Gasteiger partial charge in [-0.05, 0) is 64.2 Å². The van der Waals surface area contributed by atoms with Crippen LogP contribution in [0.3, 0.4) is 0 Å². The first-order valence-corrected chi connectivity index (χ1v) is 11.1. The van der Waals surface area contributed by atoms with Crippen molar-refractivity contribution in [2.24, 2.45) is 5.73 Å². The molecular weight excluding hydrogens is 354 g/mol. The summed E-state index contributed by atoms with van der Waals surface area (Å²) in [6.45, 7) is 9.33. The van der Waals surface area contributed by atoms with Crippen molar-refractivity contribution in [3.05, 3.63) is 33.8 Å². The number of nitrogens with two attached hydrogens (primary N) is 1. The highest BCUT2D eigenvalue weighted by Gasteiger charge is 2.33. The zero-order valence-corrected chi connectivity index (χ0v) is 17.8. The second-order valence-electron chi connectivity index (χ2n) is 8.19. The summed E-state index contributed by atoms with van der Waals surface area (Å²) in [5.74, 6) is 0.596. The van der Waals surface area contributed by atoms with Crippen molar-refractivity contribution in [1.29, 1.82) is 0 Å². The summed E-state index contributed by atoms with van der Waals surface area (Å²) in [6.07, 6.45) is 13.2. The van der Waals surface area contributed by atoms with Crippen LogP contribution in [-0.2, 0) is 0 Å². The number of hydrogen-bond donors (Lipinski definition) is 2. The van der Waals surface area contributed by atoms with Gasteiger partial charge in [0.25, 0.3) is 0 Å². The molecule has 0 aromatic rings. The van der Waals surface area contributed by atoms with Gasteiger partial charge in [-0.25, -0.2) is 0 Å². The third kappa shape index (κ3) is 6.78. The largest absolute Gasteiger partial charge is 0.353 e. The van der Waals surface area contributed by atoms with Gasteiger partial charge in [0.05, 0.1) is 4.92 Å². The normalized spacial score (nSPS) is 23.0. The molecule has 0 aliphatic carbocycles. The van der Waals surface area contributed by atoms with Crippen molar-refractivity contribution in [2.45, 2.75) is 77.3 Å². The van der Waals surface area contributed by atoms with E-state index < -0.39 is 5.66 Å². The summed E-state index contributed by atoms with van der Waals surface area (Å²) in [7, 11) is 0. The van der Waals surface area contributed by atoms with Crippen molar-refractivity contribution in [3.63, 3.8) is 0 Å². The average molecular weight is 394 g/mol. The molecule has 1 atom stereocenters. The van der Waals surface area contributed by atoms with Crippen LogP contribution in [0.2, 0.25) is 0 Å². The summed E-state index contributed by atoms with van der Waals surface area (Å²) in [5.41, 5.74) is 5.95. The Kier molecular flexibility index (Phi) is 9.25. The van der Waals surface area contributed by atoms with E-state index in [0.29, 0.717) is 5.82 Å². The Bertz CT molecular complexity index is 557. The van der Waals surface area contributed by atoms with E-state index in [9.17, 15) is 10.1 Å². The second kappa shape index (κ2) is 11.4. The summed E-state index contributed by atoms with van der Waals surface area (Å²) in [4.78, 5) is 16.1. The van der Waals surface area contributed by atoms with E-state index in [1.165, 1.54) is 32.4 Å². The predicted molar refractivity (Wildman–Crippen MR) is 114 cm³/mol. The van der Waals surface area contributed by atoms with Crippen LogP contribution in [0.1, 0.15) is 71.6 Å². The molecule has 1 unspecified atom stereocenters. The monoisotopic (exact) mass is 393 g/mol. The Hall–Kier alpha value is -1.60. The SMILES string of the molecule is CCCCN(CCCN1CCCCC1)C1=C([N+](=O)[O-])C=CC(N)(CCCC)N1. The molecular formula is C21H39N5O2. The van der Waals surface area contributed by atoms with Crippen LogP contribution < -0.4 is 11.1 Å². The van der Waals surface area contributed by atoms with Gasteiger partial charge in [-0.3, -0.25) is 10.1 Å². The van der Waals surface area contributed by atoms with Gasteiger partial charge in [0.15, 0.2) is 5.82 Å². The lowest BCUT2D eigenvalue weighted by molar-refractivity contribution is -0.422. The van der Waals surface area contributed by atoms with Gasteiger partial charge in [-0.15, -0.1) is 0 Å². The molecule has 2 rings (SSSR count). The highest BCUT2D eigenvalue weighted by Crippen LogP contribution is 2.23. The zero-order valence-electron chi connectivity index (χ0n) is 17.8. The van der Waals surface area contributed by atoms with Crippen LogP contribution in [0, 0.1) is 10.1 Å². The number of unbranched alkanes of at least 4 members (excludes halogenated alkanes) is 2. The predicted octanol–water partition coefficient (Wildman–Crippen LogP) is 3.41. The number of nitrogens with one attached hydrogen (secondary N) is 1. The Labute approximate surface area is 170 Å². The van der Waals surface area contributed by atoms with Gasteiger partial charge < -0.3 is 20.9 Å². The van der Waals surface area contributed by atoms with E-state index in [1.807, 2.05) is 0 Å². The molecule has 0 saturated carbocycles. The number of hydrogen-bond acceptors (Lipinski definition) is 6. The molecule has 1 fully saturated rings. The zero-order chi connectivity index (χ0) is 20.4. The molecule has 2 heterocycles. The van der Waals surface area contributed by atoms with Gasteiger partial charge in [0.2, 0.25) is 0 Å². The smallest absolute Gasteiger partial charge is 0.309 e. The van der Waals surface area contributed by atoms with E-state index in [-0.39, 0.29) is 10.6 Å². The van der Waals surface area contributed by atoms with E-state index in [2.05, 4.69) is 29.0 Å². The molecule has 0 aromatic carbocycles. The van der Waals surface area contributed by atoms with Crippen molar-refractivity contribution in [2.75, 3.05) is 32.7 Å². The molecule has 0 spiro atoms. The minimum Gasteiger partial charge on any atom is -0.353 e. The fraction of sp³-hybridized carbons (Fsp3) is 0.810. The maximum Gasteiger partial charge on any atom is 0.309 e. The number of allylic oxidation sites excluding steroid dienone is 1. The average Bonchev–Trinajstić information content (AvgIpc) is 2.69. The van der Waals surface area contributed by atoms with E-state index >= 15 is 0 Å². The summed E-state index contributed by atoms with van der Waals surface area (Å²) in [6, 6.07) is 0. The summed E-state index contributed by atoms with van der Waals surface area (Å²) in [5, 5.41) is 15.0. The molecule has 3 N–H and O–H groups in total. The third-order valence-corrected chi connectivity index (χ3v) is 5.72. The number of dihydropyridines is 1. The van der Waals surface area contributed by atoms with Crippen LogP contribution in [0.15, 0.2) is 23.7 Å². The van der Waals surface area contributed by atoms with Crippen molar-refractivity contribution in [3.8, 4) is 0 Å². The van der Waals surface area contributed by atoms with Gasteiger partial charge in [0.1, 0.15) is 5.66 Å². The quantitative estimate of drug-likeness (QED) is 0.390. The van der Waals surface area contributed by atoms with Crippen LogP contribution in [0.25, 0.3) is 0 Å². The molecule has 2 aliphatic rings. The third-order valence-electron chi connectivity index (χ3n) is 5.72. The highest BCUT2D eigenvalue weighted by atomic mass is 16.6. The first-order chi connectivity index (χ1) is 13.5. The van der Waals surface area contributed by atoms with E-state index in [1.54, 1.807) is 12.2 Å². The number of piperidine rings is 1. The number of likely N-dealkylation sites (tertiary alicyclic amines) is 1. The van der Waals surface area contributed by atoms with Crippen LogP contribution in [0.4, 0.5) is 0 Å². The Morgan fingerprint density at radius 2 is 1.86 bits per heavy atom. The van der Waals surface area contributed by atoms with E-state index in [4.69, 9.17) is 5.73 Å². The van der Waals surface area contributed by atoms with Gasteiger partial charge in [0, 0.05) is 19.2 Å². The Morgan fingerprint density at radius 1 is 1.18 bits per heavy atom. The Balaban J connectivity index is 2.09. The molecule has 0 bridgehead atoms.